The number of aromatic nitrogens is 1. The Labute approximate surface area is 191 Å². The highest BCUT2D eigenvalue weighted by molar-refractivity contribution is 7.09. The molecule has 1 aliphatic rings. The molecule has 7 nitrogen and oxygen atoms in total. The van der Waals surface area contributed by atoms with Gasteiger partial charge in [-0.2, -0.15) is 4.99 Å². The summed E-state index contributed by atoms with van der Waals surface area (Å²) in [4.78, 5) is 35.6. The topological polar surface area (TPSA) is 71.1 Å². The third-order valence-corrected chi connectivity index (χ3v) is 7.06. The number of amides is 2. The van der Waals surface area contributed by atoms with Crippen LogP contribution >= 0.6 is 11.3 Å². The number of carbonyl (C=O) groups excluding carboxylic acids is 2. The van der Waals surface area contributed by atoms with E-state index in [1.54, 1.807) is 12.1 Å². The van der Waals surface area contributed by atoms with E-state index >= 15 is 0 Å². The van der Waals surface area contributed by atoms with E-state index < -0.39 is 5.91 Å². The van der Waals surface area contributed by atoms with Crippen LogP contribution in [0.1, 0.15) is 44.0 Å². The maximum absolute atomic E-state index is 12.9. The number of likely N-dealkylation sites (N-methyl/N-ethyl adjacent to an activating group) is 1. The van der Waals surface area contributed by atoms with E-state index in [1.807, 2.05) is 47.6 Å². The predicted molar refractivity (Wildman–Crippen MR) is 124 cm³/mol. The standard InChI is InChI=1S/C24H28N4O3S/c1-4-26-11-13-27(14-12-26)23(30)20-9-7-19(8-10-20)16-28-17(2)18(3)32-24(28)25-22(29)21-6-5-15-31-21/h5-10,15H,4,11-14,16H2,1-3H3. The summed E-state index contributed by atoms with van der Waals surface area (Å²) in [5, 5.41) is 0. The minimum atomic E-state index is -0.394. The average Bonchev–Trinajstić information content (AvgIpc) is 3.44. The summed E-state index contributed by atoms with van der Waals surface area (Å²) in [6, 6.07) is 11.0. The number of furan rings is 1. The Morgan fingerprint density at radius 2 is 1.78 bits per heavy atom. The van der Waals surface area contributed by atoms with Gasteiger partial charge in [-0.15, -0.1) is 11.3 Å². The molecule has 0 bridgehead atoms. The van der Waals surface area contributed by atoms with Gasteiger partial charge in [0.05, 0.1) is 12.8 Å². The monoisotopic (exact) mass is 452 g/mol. The molecule has 2 amide bonds. The molecular formula is C24H28N4O3S. The minimum absolute atomic E-state index is 0.0854. The zero-order valence-electron chi connectivity index (χ0n) is 18.7. The molecule has 0 atom stereocenters. The fraction of sp³-hybridized carbons (Fsp3) is 0.375. The van der Waals surface area contributed by atoms with Crippen LogP contribution in [0.4, 0.5) is 0 Å². The molecule has 2 aromatic heterocycles. The lowest BCUT2D eigenvalue weighted by Gasteiger charge is -2.34. The van der Waals surface area contributed by atoms with E-state index in [1.165, 1.54) is 17.6 Å². The van der Waals surface area contributed by atoms with Gasteiger partial charge in [0.25, 0.3) is 5.91 Å². The first-order valence-electron chi connectivity index (χ1n) is 10.9. The van der Waals surface area contributed by atoms with Crippen molar-refractivity contribution in [1.82, 2.24) is 14.4 Å². The Hall–Kier alpha value is -2.97. The minimum Gasteiger partial charge on any atom is -0.459 e. The Balaban J connectivity index is 1.50. The van der Waals surface area contributed by atoms with Gasteiger partial charge in [0, 0.05) is 42.3 Å². The molecule has 1 fully saturated rings. The quantitative estimate of drug-likeness (QED) is 0.595. The SMILES string of the molecule is CCN1CCN(C(=O)c2ccc(Cn3c(C)c(C)sc3=NC(=O)c3ccco3)cc2)CC1. The smallest absolute Gasteiger partial charge is 0.315 e. The van der Waals surface area contributed by atoms with Crippen LogP contribution in [-0.2, 0) is 6.54 Å². The zero-order chi connectivity index (χ0) is 22.7. The fourth-order valence-electron chi connectivity index (χ4n) is 3.80. The van der Waals surface area contributed by atoms with Crippen LogP contribution in [0.2, 0.25) is 0 Å². The molecular weight excluding hydrogens is 424 g/mol. The van der Waals surface area contributed by atoms with Gasteiger partial charge in [-0.1, -0.05) is 19.1 Å². The van der Waals surface area contributed by atoms with Gasteiger partial charge in [-0.3, -0.25) is 9.59 Å². The van der Waals surface area contributed by atoms with E-state index in [9.17, 15) is 9.59 Å². The van der Waals surface area contributed by atoms with Crippen molar-refractivity contribution in [1.29, 1.82) is 0 Å². The van der Waals surface area contributed by atoms with Crippen molar-refractivity contribution in [2.75, 3.05) is 32.7 Å². The molecule has 1 aromatic carbocycles. The van der Waals surface area contributed by atoms with Crippen molar-refractivity contribution >= 4 is 23.2 Å². The van der Waals surface area contributed by atoms with Crippen molar-refractivity contribution in [3.05, 3.63) is 74.9 Å². The highest BCUT2D eigenvalue weighted by atomic mass is 32.1. The number of hydrogen-bond donors (Lipinski definition) is 0. The van der Waals surface area contributed by atoms with Crippen molar-refractivity contribution in [3.8, 4) is 0 Å². The number of nitrogens with zero attached hydrogens (tertiary/aromatic N) is 4. The van der Waals surface area contributed by atoms with E-state index in [0.717, 1.165) is 48.9 Å². The Morgan fingerprint density at radius 3 is 2.41 bits per heavy atom. The number of carbonyl (C=O) groups is 2. The zero-order valence-corrected chi connectivity index (χ0v) is 19.5. The third-order valence-electron chi connectivity index (χ3n) is 5.97. The summed E-state index contributed by atoms with van der Waals surface area (Å²) in [6.07, 6.45) is 1.47. The maximum Gasteiger partial charge on any atom is 0.315 e. The summed E-state index contributed by atoms with van der Waals surface area (Å²) in [5.41, 5.74) is 2.82. The normalized spacial score (nSPS) is 15.3. The lowest BCUT2D eigenvalue weighted by molar-refractivity contribution is 0.0643. The number of thiazole rings is 1. The fourth-order valence-corrected chi connectivity index (χ4v) is 4.77. The van der Waals surface area contributed by atoms with E-state index in [4.69, 9.17) is 4.42 Å². The van der Waals surface area contributed by atoms with Crippen molar-refractivity contribution in [2.45, 2.75) is 27.3 Å². The summed E-state index contributed by atoms with van der Waals surface area (Å²) in [5.74, 6) is -0.0840. The van der Waals surface area contributed by atoms with Gasteiger partial charge in [-0.25, -0.2) is 0 Å². The van der Waals surface area contributed by atoms with Crippen LogP contribution in [0.15, 0.2) is 52.1 Å². The van der Waals surface area contributed by atoms with E-state index in [2.05, 4.69) is 16.8 Å². The van der Waals surface area contributed by atoms with Crippen LogP contribution in [0.5, 0.6) is 0 Å². The second-order valence-corrected chi connectivity index (χ2v) is 9.11. The highest BCUT2D eigenvalue weighted by Crippen LogP contribution is 2.15. The van der Waals surface area contributed by atoms with Crippen molar-refractivity contribution < 1.29 is 14.0 Å². The molecule has 3 aromatic rings. The van der Waals surface area contributed by atoms with Gasteiger partial charge in [0.1, 0.15) is 0 Å². The van der Waals surface area contributed by atoms with Gasteiger partial charge < -0.3 is 18.8 Å². The second kappa shape index (κ2) is 9.67. The third kappa shape index (κ3) is 4.76. The van der Waals surface area contributed by atoms with Gasteiger partial charge in [0.15, 0.2) is 10.6 Å². The Bertz CT molecular complexity index is 1150. The highest BCUT2D eigenvalue weighted by Gasteiger charge is 2.21. The molecule has 0 aliphatic carbocycles. The van der Waals surface area contributed by atoms with Crippen molar-refractivity contribution in [3.63, 3.8) is 0 Å². The van der Waals surface area contributed by atoms with E-state index in [0.29, 0.717) is 16.9 Å². The summed E-state index contributed by atoms with van der Waals surface area (Å²) >= 11 is 1.48. The molecule has 32 heavy (non-hydrogen) atoms. The summed E-state index contributed by atoms with van der Waals surface area (Å²) in [6.45, 7) is 11.2. The number of benzene rings is 1. The molecule has 0 unspecified atom stereocenters. The van der Waals surface area contributed by atoms with Crippen LogP contribution in [0.25, 0.3) is 0 Å². The van der Waals surface area contributed by atoms with Gasteiger partial charge >= 0.3 is 5.91 Å². The van der Waals surface area contributed by atoms with E-state index in [-0.39, 0.29) is 11.7 Å². The largest absolute Gasteiger partial charge is 0.459 e. The maximum atomic E-state index is 12.9. The first kappa shape index (κ1) is 22.2. The number of rotatable bonds is 5. The Kier molecular flexibility index (Phi) is 6.72. The molecule has 0 radical (unpaired) electrons. The van der Waals surface area contributed by atoms with Gasteiger partial charge in [0.2, 0.25) is 0 Å². The number of hydrogen-bond acceptors (Lipinski definition) is 5. The Morgan fingerprint density at radius 1 is 1.06 bits per heavy atom. The second-order valence-electron chi connectivity index (χ2n) is 7.93. The van der Waals surface area contributed by atoms with Crippen LogP contribution in [0.3, 0.4) is 0 Å². The molecule has 4 rings (SSSR count). The summed E-state index contributed by atoms with van der Waals surface area (Å²) in [7, 11) is 0. The molecule has 1 aliphatic heterocycles. The average molecular weight is 453 g/mol. The van der Waals surface area contributed by atoms with Crippen LogP contribution < -0.4 is 4.80 Å². The molecule has 0 spiro atoms. The first-order chi connectivity index (χ1) is 15.5. The molecule has 168 valence electrons. The first-order valence-corrected chi connectivity index (χ1v) is 11.7. The molecule has 0 N–H and O–H groups in total. The van der Waals surface area contributed by atoms with Crippen molar-refractivity contribution in [2.24, 2.45) is 4.99 Å². The predicted octanol–water partition coefficient (Wildman–Crippen LogP) is 3.33. The number of piperazine rings is 1. The van der Waals surface area contributed by atoms with Crippen LogP contribution in [0, 0.1) is 13.8 Å². The number of aryl methyl sites for hydroxylation is 1. The molecule has 3 heterocycles. The lowest BCUT2D eigenvalue weighted by Crippen LogP contribution is -2.48. The summed E-state index contributed by atoms with van der Waals surface area (Å²) < 4.78 is 7.20. The lowest BCUT2D eigenvalue weighted by atomic mass is 10.1. The molecule has 8 heteroatoms. The van der Waals surface area contributed by atoms with Gasteiger partial charge in [-0.05, 0) is 50.2 Å². The molecule has 0 saturated carbocycles. The molecule has 1 saturated heterocycles. The van der Waals surface area contributed by atoms with Crippen LogP contribution in [-0.4, -0.2) is 58.9 Å².